The van der Waals surface area contributed by atoms with E-state index in [9.17, 15) is 4.79 Å². The second-order valence-electron chi connectivity index (χ2n) is 6.71. The topological polar surface area (TPSA) is 76.1 Å². The molecule has 0 fully saturated rings. The van der Waals surface area contributed by atoms with Crippen LogP contribution in [0.3, 0.4) is 0 Å². The van der Waals surface area contributed by atoms with Crippen LogP contribution in [0.1, 0.15) is 34.2 Å². The average molecular weight is 390 g/mol. The van der Waals surface area contributed by atoms with Crippen LogP contribution >= 0.6 is 0 Å². The van der Waals surface area contributed by atoms with Crippen LogP contribution in [0.4, 0.5) is 11.6 Å². The number of anilines is 2. The fraction of sp³-hybridized carbons (Fsp3) is 0.261. The van der Waals surface area contributed by atoms with Gasteiger partial charge >= 0.3 is 0 Å². The Labute approximate surface area is 171 Å². The van der Waals surface area contributed by atoms with E-state index >= 15 is 0 Å². The van der Waals surface area contributed by atoms with Gasteiger partial charge in [0, 0.05) is 17.9 Å². The number of hydrogen-bond acceptors (Lipinski definition) is 5. The maximum atomic E-state index is 12.7. The maximum absolute atomic E-state index is 12.7. The van der Waals surface area contributed by atoms with Gasteiger partial charge < -0.3 is 15.4 Å². The zero-order chi connectivity index (χ0) is 20.6. The van der Waals surface area contributed by atoms with Gasteiger partial charge in [-0.15, -0.1) is 0 Å². The molecule has 0 aliphatic carbocycles. The van der Waals surface area contributed by atoms with E-state index in [4.69, 9.17) is 4.74 Å². The minimum absolute atomic E-state index is 0.241. The molecular weight excluding hydrogens is 364 g/mol. The van der Waals surface area contributed by atoms with Gasteiger partial charge in [0.05, 0.1) is 7.11 Å². The van der Waals surface area contributed by atoms with Gasteiger partial charge in [-0.25, -0.2) is 9.97 Å². The number of carbonyl (C=O) groups is 1. The van der Waals surface area contributed by atoms with Gasteiger partial charge in [-0.1, -0.05) is 37.3 Å². The third kappa shape index (κ3) is 5.54. The molecule has 6 heteroatoms. The molecule has 0 spiro atoms. The van der Waals surface area contributed by atoms with Crippen LogP contribution in [0.2, 0.25) is 0 Å². The Balaban J connectivity index is 1.64. The summed E-state index contributed by atoms with van der Waals surface area (Å²) in [4.78, 5) is 21.5. The number of para-hydroxylation sites is 1. The second kappa shape index (κ2) is 9.68. The highest BCUT2D eigenvalue weighted by atomic mass is 16.5. The van der Waals surface area contributed by atoms with Crippen molar-refractivity contribution in [3.8, 4) is 5.75 Å². The monoisotopic (exact) mass is 390 g/mol. The van der Waals surface area contributed by atoms with E-state index in [0.29, 0.717) is 18.2 Å². The van der Waals surface area contributed by atoms with Gasteiger partial charge in [0.25, 0.3) is 5.91 Å². The zero-order valence-electron chi connectivity index (χ0n) is 17.0. The smallest absolute Gasteiger partial charge is 0.274 e. The Kier molecular flexibility index (Phi) is 6.79. The Morgan fingerprint density at radius 1 is 1.07 bits per heavy atom. The number of nitrogens with one attached hydrogen (secondary N) is 2. The van der Waals surface area contributed by atoms with Gasteiger partial charge in [0.1, 0.15) is 11.4 Å². The number of benzene rings is 2. The maximum Gasteiger partial charge on any atom is 0.274 e. The number of carbonyl (C=O) groups excluding carboxylic acids is 1. The van der Waals surface area contributed by atoms with Crippen molar-refractivity contribution in [1.82, 2.24) is 9.97 Å². The van der Waals surface area contributed by atoms with Gasteiger partial charge in [-0.3, -0.25) is 4.79 Å². The SMILES string of the molecule is CCc1ccccc1NC(=O)c1cc(C)nc(NCCc2ccc(OC)cc2)n1. The van der Waals surface area contributed by atoms with Crippen molar-refractivity contribution >= 4 is 17.5 Å². The van der Waals surface area contributed by atoms with Crippen molar-refractivity contribution in [1.29, 1.82) is 0 Å². The number of methoxy groups -OCH3 is 1. The summed E-state index contributed by atoms with van der Waals surface area (Å²) in [6.45, 7) is 4.58. The first-order valence-corrected chi connectivity index (χ1v) is 9.70. The summed E-state index contributed by atoms with van der Waals surface area (Å²) >= 11 is 0. The Morgan fingerprint density at radius 2 is 1.83 bits per heavy atom. The molecule has 0 atom stereocenters. The normalized spacial score (nSPS) is 10.4. The van der Waals surface area contributed by atoms with Crippen molar-refractivity contribution in [2.24, 2.45) is 0 Å². The quantitative estimate of drug-likeness (QED) is 0.601. The summed E-state index contributed by atoms with van der Waals surface area (Å²) in [7, 11) is 1.65. The van der Waals surface area contributed by atoms with Crippen molar-refractivity contribution < 1.29 is 9.53 Å². The molecule has 3 rings (SSSR count). The number of aromatic nitrogens is 2. The first-order chi connectivity index (χ1) is 14.1. The van der Waals surface area contributed by atoms with Crippen molar-refractivity contribution in [3.05, 3.63) is 77.1 Å². The number of aryl methyl sites for hydroxylation is 2. The fourth-order valence-electron chi connectivity index (χ4n) is 3.01. The van der Waals surface area contributed by atoms with Crippen LogP contribution in [0.5, 0.6) is 5.75 Å². The van der Waals surface area contributed by atoms with Crippen LogP contribution in [-0.2, 0) is 12.8 Å². The number of hydrogen-bond donors (Lipinski definition) is 2. The van der Waals surface area contributed by atoms with Gasteiger partial charge in [-0.2, -0.15) is 0 Å². The number of nitrogens with zero attached hydrogens (tertiary/aromatic N) is 2. The highest BCUT2D eigenvalue weighted by molar-refractivity contribution is 6.03. The molecule has 2 N–H and O–H groups in total. The molecule has 0 aliphatic rings. The lowest BCUT2D eigenvalue weighted by Crippen LogP contribution is -2.17. The summed E-state index contributed by atoms with van der Waals surface area (Å²) in [5, 5.41) is 6.17. The summed E-state index contributed by atoms with van der Waals surface area (Å²) < 4.78 is 5.18. The number of rotatable bonds is 8. The molecule has 6 nitrogen and oxygen atoms in total. The minimum Gasteiger partial charge on any atom is -0.497 e. The van der Waals surface area contributed by atoms with E-state index in [-0.39, 0.29) is 5.91 Å². The van der Waals surface area contributed by atoms with Crippen LogP contribution in [-0.4, -0.2) is 29.5 Å². The predicted octanol–water partition coefficient (Wildman–Crippen LogP) is 4.26. The molecular formula is C23H26N4O2. The summed E-state index contributed by atoms with van der Waals surface area (Å²) in [6, 6.07) is 17.4. The lowest BCUT2D eigenvalue weighted by molar-refractivity contribution is 0.102. The molecule has 0 bridgehead atoms. The van der Waals surface area contributed by atoms with E-state index < -0.39 is 0 Å². The first kappa shape index (κ1) is 20.3. The third-order valence-corrected chi connectivity index (χ3v) is 4.59. The van der Waals surface area contributed by atoms with E-state index in [0.717, 1.165) is 35.5 Å². The Hall–Kier alpha value is -3.41. The largest absolute Gasteiger partial charge is 0.497 e. The molecule has 0 saturated heterocycles. The lowest BCUT2D eigenvalue weighted by Gasteiger charge is -2.11. The second-order valence-corrected chi connectivity index (χ2v) is 6.71. The molecule has 3 aromatic rings. The summed E-state index contributed by atoms with van der Waals surface area (Å²) in [5.74, 6) is 1.05. The van der Waals surface area contributed by atoms with Gasteiger partial charge in [0.2, 0.25) is 5.95 Å². The molecule has 29 heavy (non-hydrogen) atoms. The standard InChI is InChI=1S/C23H26N4O2/c1-4-18-7-5-6-8-20(18)26-22(28)21-15-16(2)25-23(27-21)24-14-13-17-9-11-19(29-3)12-10-17/h5-12,15H,4,13-14H2,1-3H3,(H,26,28)(H,24,25,27). The molecule has 2 aromatic carbocycles. The van der Waals surface area contributed by atoms with Crippen LogP contribution in [0, 0.1) is 6.92 Å². The van der Waals surface area contributed by atoms with E-state index in [2.05, 4.69) is 27.5 Å². The fourth-order valence-corrected chi connectivity index (χ4v) is 3.01. The van der Waals surface area contributed by atoms with E-state index in [1.165, 1.54) is 5.56 Å². The average Bonchev–Trinajstić information content (AvgIpc) is 2.74. The molecule has 0 aliphatic heterocycles. The zero-order valence-corrected chi connectivity index (χ0v) is 17.0. The van der Waals surface area contributed by atoms with Crippen molar-refractivity contribution in [2.45, 2.75) is 26.7 Å². The Morgan fingerprint density at radius 3 is 2.55 bits per heavy atom. The molecule has 0 unspecified atom stereocenters. The van der Waals surface area contributed by atoms with E-state index in [1.54, 1.807) is 13.2 Å². The first-order valence-electron chi connectivity index (χ1n) is 9.70. The molecule has 150 valence electrons. The highest BCUT2D eigenvalue weighted by Crippen LogP contribution is 2.17. The molecule has 1 amide bonds. The Bertz CT molecular complexity index is 971. The van der Waals surface area contributed by atoms with Crippen molar-refractivity contribution in [2.75, 3.05) is 24.3 Å². The van der Waals surface area contributed by atoms with Crippen LogP contribution in [0.15, 0.2) is 54.6 Å². The van der Waals surface area contributed by atoms with Crippen LogP contribution in [0.25, 0.3) is 0 Å². The summed E-state index contributed by atoms with van der Waals surface area (Å²) in [6.07, 6.45) is 1.66. The summed E-state index contributed by atoms with van der Waals surface area (Å²) in [5.41, 5.74) is 4.16. The number of amides is 1. The van der Waals surface area contributed by atoms with Gasteiger partial charge in [0.15, 0.2) is 0 Å². The third-order valence-electron chi connectivity index (χ3n) is 4.59. The molecule has 1 aromatic heterocycles. The van der Waals surface area contributed by atoms with Gasteiger partial charge in [-0.05, 0) is 55.2 Å². The minimum atomic E-state index is -0.241. The van der Waals surface area contributed by atoms with Crippen molar-refractivity contribution in [3.63, 3.8) is 0 Å². The number of ether oxygens (including phenoxy) is 1. The molecule has 0 radical (unpaired) electrons. The molecule has 0 saturated carbocycles. The lowest BCUT2D eigenvalue weighted by atomic mass is 10.1. The molecule has 1 heterocycles. The van der Waals surface area contributed by atoms with Crippen LogP contribution < -0.4 is 15.4 Å². The van der Waals surface area contributed by atoms with E-state index in [1.807, 2.05) is 55.5 Å². The highest BCUT2D eigenvalue weighted by Gasteiger charge is 2.12. The predicted molar refractivity (Wildman–Crippen MR) is 116 cm³/mol.